The molecule has 0 heterocycles. The molecule has 0 spiro atoms. The first-order valence-corrected chi connectivity index (χ1v) is 28.1. The van der Waals surface area contributed by atoms with Gasteiger partial charge in [0.2, 0.25) is 0 Å². The molecule has 2 N–H and O–H groups in total. The zero-order valence-corrected chi connectivity index (χ0v) is 41.5. The maximum absolute atomic E-state index is 4.09. The van der Waals surface area contributed by atoms with Crippen molar-refractivity contribution in [1.29, 1.82) is 0 Å². The monoisotopic (exact) mass is 940 g/mol. The Hall–Kier alpha value is -6.82. The number of anilines is 2. The summed E-state index contributed by atoms with van der Waals surface area (Å²) >= 11 is 0. The molecule has 0 amide bonds. The highest BCUT2D eigenvalue weighted by molar-refractivity contribution is 7.80. The molecular formula is C66H58N2P2. The summed E-state index contributed by atoms with van der Waals surface area (Å²) in [6, 6.07) is 64.1. The highest BCUT2D eigenvalue weighted by atomic mass is 31.1. The molecule has 12 rings (SSSR count). The van der Waals surface area contributed by atoms with Crippen LogP contribution in [0.5, 0.6) is 0 Å². The molecule has 0 unspecified atom stereocenters. The van der Waals surface area contributed by atoms with E-state index in [4.69, 9.17) is 0 Å². The van der Waals surface area contributed by atoms with Crippen molar-refractivity contribution in [1.82, 2.24) is 0 Å². The number of hydrogen-bond donors (Lipinski definition) is 2. The molecule has 70 heavy (non-hydrogen) atoms. The summed E-state index contributed by atoms with van der Waals surface area (Å²) in [6.45, 7) is 1.52. The van der Waals surface area contributed by atoms with E-state index in [-0.39, 0.29) is 0 Å². The van der Waals surface area contributed by atoms with Gasteiger partial charge in [0.25, 0.3) is 0 Å². The Balaban J connectivity index is 0.978. The number of fused-ring (bicyclic) bond motifs is 4. The van der Waals surface area contributed by atoms with Gasteiger partial charge < -0.3 is 10.6 Å². The lowest BCUT2D eigenvalue weighted by molar-refractivity contribution is 1.07. The molecule has 342 valence electrons. The summed E-state index contributed by atoms with van der Waals surface area (Å²) in [7, 11) is -1.71. The molecule has 0 bridgehead atoms. The molecule has 8 aromatic carbocycles. The molecule has 0 fully saturated rings. The van der Waals surface area contributed by atoms with E-state index < -0.39 is 15.8 Å². The van der Waals surface area contributed by atoms with Crippen molar-refractivity contribution in [3.05, 3.63) is 212 Å². The minimum atomic E-state index is -0.857. The van der Waals surface area contributed by atoms with E-state index in [1.54, 1.807) is 0 Å². The fourth-order valence-electron chi connectivity index (χ4n) is 11.3. The van der Waals surface area contributed by atoms with E-state index in [9.17, 15) is 0 Å². The summed E-state index contributed by atoms with van der Waals surface area (Å²) in [4.78, 5) is 0. The topological polar surface area (TPSA) is 24.1 Å². The third-order valence-electron chi connectivity index (χ3n) is 14.4. The zero-order chi connectivity index (χ0) is 46.6. The molecular weight excluding hydrogens is 883 g/mol. The summed E-state index contributed by atoms with van der Waals surface area (Å²) in [5.41, 5.74) is 7.86. The first kappa shape index (κ1) is 44.4. The molecule has 4 aliphatic carbocycles. The lowest BCUT2D eigenvalue weighted by Crippen LogP contribution is -2.40. The number of benzene rings is 8. The quantitative estimate of drug-likeness (QED) is 0.0927. The third-order valence-corrected chi connectivity index (χ3v) is 19.4. The predicted molar refractivity (Wildman–Crippen MR) is 308 cm³/mol. The Morgan fingerprint density at radius 2 is 0.543 bits per heavy atom. The van der Waals surface area contributed by atoms with Gasteiger partial charge in [-0.25, -0.2) is 0 Å². The molecule has 2 nitrogen and oxygen atoms in total. The molecule has 0 radical (unpaired) electrons. The van der Waals surface area contributed by atoms with Gasteiger partial charge in [-0.3, -0.25) is 0 Å². The van der Waals surface area contributed by atoms with Crippen LogP contribution in [-0.4, -0.2) is 13.1 Å². The van der Waals surface area contributed by atoms with Crippen molar-refractivity contribution in [2.75, 3.05) is 23.7 Å². The zero-order valence-electron chi connectivity index (χ0n) is 39.8. The van der Waals surface area contributed by atoms with Gasteiger partial charge in [0.05, 0.1) is 0 Å². The Morgan fingerprint density at radius 1 is 0.271 bits per heavy atom. The minimum absolute atomic E-state index is 0.759. The van der Waals surface area contributed by atoms with Gasteiger partial charge in [-0.2, -0.15) is 0 Å². The standard InChI is InChI=1S/C66H58N2P2/c1-5-25-51(26-6-1)69(52-27-7-2-8-28-52)61-43-39-49-23-15-19-35-57(49)65(61)63-55-33-17-13-21-47(55)37-41-59(63)67-45-46-68-60-42-38-48-22-14-18-34-56(48)64(60)66-58-36-20-16-24-50(58)40-44-62(66)70(53-29-9-3-10-30-53)54-31-11-4-12-32-54/h1-12,21-44,67-68H,13-20,45-46H2. The smallest absolute Gasteiger partial charge is 0.0427 e. The second-order valence-corrected chi connectivity index (χ2v) is 23.1. The highest BCUT2D eigenvalue weighted by Crippen LogP contribution is 2.38. The first-order valence-electron chi connectivity index (χ1n) is 25.4. The molecule has 0 saturated heterocycles. The average molecular weight is 941 g/mol. The Bertz CT molecular complexity index is 3440. The maximum Gasteiger partial charge on any atom is 0.0427 e. The fraction of sp³-hybridized carbons (Fsp3) is 0.152. The lowest BCUT2D eigenvalue weighted by atomic mass is 9.92. The van der Waals surface area contributed by atoms with Crippen LogP contribution in [-0.2, 0) is 0 Å². The number of rotatable bonds is 13. The normalized spacial score (nSPS) is 14.3. The van der Waals surface area contributed by atoms with Crippen LogP contribution in [0.4, 0.5) is 11.4 Å². The van der Waals surface area contributed by atoms with Crippen LogP contribution >= 0.6 is 15.8 Å². The maximum atomic E-state index is 4.09. The van der Waals surface area contributed by atoms with E-state index in [1.165, 1.54) is 107 Å². The fourth-order valence-corrected chi connectivity index (χ4v) is 16.2. The van der Waals surface area contributed by atoms with E-state index in [0.717, 1.165) is 64.5 Å². The van der Waals surface area contributed by atoms with E-state index in [0.29, 0.717) is 0 Å². The van der Waals surface area contributed by atoms with Crippen LogP contribution in [0.3, 0.4) is 0 Å². The van der Waals surface area contributed by atoms with E-state index in [2.05, 4.69) is 229 Å². The van der Waals surface area contributed by atoms with Gasteiger partial charge in [-0.1, -0.05) is 206 Å². The summed E-state index contributed by atoms with van der Waals surface area (Å²) in [5.74, 6) is 0. The Kier molecular flexibility index (Phi) is 12.8. The lowest BCUT2D eigenvalue weighted by Gasteiger charge is -2.26. The van der Waals surface area contributed by atoms with Gasteiger partial charge in [0.1, 0.15) is 0 Å². The van der Waals surface area contributed by atoms with Gasteiger partial charge in [0.15, 0.2) is 0 Å². The van der Waals surface area contributed by atoms with Gasteiger partial charge >= 0.3 is 0 Å². The van der Waals surface area contributed by atoms with E-state index >= 15 is 0 Å². The van der Waals surface area contributed by atoms with Crippen molar-refractivity contribution in [2.24, 2.45) is 0 Å². The van der Waals surface area contributed by atoms with Gasteiger partial charge in [-0.15, -0.1) is 0 Å². The van der Waals surface area contributed by atoms with Crippen LogP contribution in [0.15, 0.2) is 170 Å². The average Bonchev–Trinajstić information content (AvgIpc) is 3.43. The van der Waals surface area contributed by atoms with Crippen molar-refractivity contribution in [3.63, 3.8) is 0 Å². The predicted octanol–water partition coefficient (Wildman–Crippen LogP) is 7.48. The van der Waals surface area contributed by atoms with Crippen LogP contribution in [0.2, 0.25) is 0 Å². The van der Waals surface area contributed by atoms with Crippen molar-refractivity contribution < 1.29 is 0 Å². The molecule has 0 aliphatic heterocycles. The minimum Gasteiger partial charge on any atom is -0.383 e. The summed E-state index contributed by atoms with van der Waals surface area (Å²) in [6.07, 6.45) is 28.4. The second kappa shape index (κ2) is 20.3. The summed E-state index contributed by atoms with van der Waals surface area (Å²) < 4.78 is 0. The van der Waals surface area contributed by atoms with Crippen molar-refractivity contribution in [3.8, 4) is 22.3 Å². The Morgan fingerprint density at radius 3 is 0.857 bits per heavy atom. The molecule has 0 atom stereocenters. The summed E-state index contributed by atoms with van der Waals surface area (Å²) in [5, 5.41) is 27.4. The van der Waals surface area contributed by atoms with Crippen molar-refractivity contribution >= 4 is 108 Å². The van der Waals surface area contributed by atoms with Crippen LogP contribution < -0.4 is 84.2 Å². The van der Waals surface area contributed by atoms with Crippen LogP contribution in [0.1, 0.15) is 51.4 Å². The van der Waals surface area contributed by atoms with Crippen LogP contribution in [0.25, 0.3) is 70.9 Å². The highest BCUT2D eigenvalue weighted by Gasteiger charge is 2.26. The third kappa shape index (κ3) is 8.64. The van der Waals surface area contributed by atoms with Crippen molar-refractivity contribution in [2.45, 2.75) is 51.4 Å². The van der Waals surface area contributed by atoms with Gasteiger partial charge in [-0.05, 0) is 153 Å². The molecule has 0 aromatic heterocycles. The number of nitrogens with one attached hydrogen (secondary N) is 2. The Labute approximate surface area is 414 Å². The molecule has 8 aromatic rings. The second-order valence-electron chi connectivity index (χ2n) is 18.7. The molecule has 4 aliphatic rings. The van der Waals surface area contributed by atoms with Crippen LogP contribution in [0, 0.1) is 0 Å². The molecule has 0 saturated carbocycles. The largest absolute Gasteiger partial charge is 0.383 e. The first-order chi connectivity index (χ1) is 34.8. The van der Waals surface area contributed by atoms with E-state index in [1.807, 2.05) is 0 Å². The molecule has 4 heteroatoms. The SMILES string of the molecule is C1=c2ccc(NCCNc3ccc4c(c3-c3c(P(c5ccccc5)c5ccccc5)ccc5c3=CCCC=5)=CCCC=4)c(-c3c(P(c4ccccc4)c4ccccc4)ccc4c3=CCCC=4)c2=CCC1. The number of hydrogen-bond acceptors (Lipinski definition) is 2. The van der Waals surface area contributed by atoms with Gasteiger partial charge in [0, 0.05) is 46.7 Å².